The van der Waals surface area contributed by atoms with Gasteiger partial charge in [-0.1, -0.05) is 11.6 Å². The summed E-state index contributed by atoms with van der Waals surface area (Å²) in [5.41, 5.74) is 0. The molecule has 0 N–H and O–H groups in total. The first-order chi connectivity index (χ1) is 9.34. The van der Waals surface area contributed by atoms with Gasteiger partial charge < -0.3 is 0 Å². The van der Waals surface area contributed by atoms with Gasteiger partial charge in [-0.2, -0.15) is 4.31 Å². The molecule has 8 heteroatoms. The molecule has 2 rings (SSSR count). The highest BCUT2D eigenvalue weighted by Gasteiger charge is 2.25. The number of rotatable bonds is 5. The minimum Gasteiger partial charge on any atom is -0.207 e. The third-order valence-corrected chi connectivity index (χ3v) is 7.52. The van der Waals surface area contributed by atoms with Gasteiger partial charge in [0.15, 0.2) is 0 Å². The third-order valence-electron chi connectivity index (χ3n) is 2.75. The van der Waals surface area contributed by atoms with Crippen LogP contribution in [0, 0.1) is 6.92 Å². The van der Waals surface area contributed by atoms with Crippen LogP contribution in [-0.4, -0.2) is 19.8 Å². The van der Waals surface area contributed by atoms with Crippen molar-refractivity contribution in [3.63, 3.8) is 0 Å². The van der Waals surface area contributed by atoms with Gasteiger partial charge in [0.05, 0.1) is 15.1 Å². The first-order valence-electron chi connectivity index (χ1n) is 5.70. The SMILES string of the molecule is Cc1sc(CCl)cc1S(=O)(=O)N(C)Cc1ccc(Cl)s1. The molecule has 2 aromatic rings. The number of thiophene rings is 2. The molecule has 0 saturated heterocycles. The molecular weight excluding hydrogens is 357 g/mol. The standard InChI is InChI=1S/C12H13Cl2NO2S3/c1-8-11(5-10(6-13)18-8)20(16,17)15(2)7-9-3-4-12(14)19-9/h3-5H,6-7H2,1-2H3. The van der Waals surface area contributed by atoms with Crippen LogP contribution in [0.3, 0.4) is 0 Å². The second-order valence-corrected chi connectivity index (χ2v) is 9.65. The van der Waals surface area contributed by atoms with Crippen molar-refractivity contribution in [1.82, 2.24) is 4.31 Å². The second-order valence-electron chi connectivity index (χ2n) is 4.23. The Labute approximate surface area is 136 Å². The number of hydrogen-bond donors (Lipinski definition) is 0. The fraction of sp³-hybridized carbons (Fsp3) is 0.333. The van der Waals surface area contributed by atoms with E-state index < -0.39 is 10.0 Å². The van der Waals surface area contributed by atoms with Crippen molar-refractivity contribution in [3.8, 4) is 0 Å². The quantitative estimate of drug-likeness (QED) is 0.735. The van der Waals surface area contributed by atoms with Crippen LogP contribution in [-0.2, 0) is 22.4 Å². The van der Waals surface area contributed by atoms with Gasteiger partial charge in [-0.25, -0.2) is 8.42 Å². The fourth-order valence-corrected chi connectivity index (χ4v) is 5.82. The van der Waals surface area contributed by atoms with Gasteiger partial charge in [0.1, 0.15) is 0 Å². The van der Waals surface area contributed by atoms with Crippen molar-refractivity contribution in [1.29, 1.82) is 0 Å². The fourth-order valence-electron chi connectivity index (χ4n) is 1.76. The molecule has 0 spiro atoms. The van der Waals surface area contributed by atoms with E-state index in [-0.39, 0.29) is 0 Å². The Morgan fingerprint density at radius 3 is 2.45 bits per heavy atom. The van der Waals surface area contributed by atoms with Crippen molar-refractivity contribution in [2.75, 3.05) is 7.05 Å². The number of aryl methyl sites for hydroxylation is 1. The maximum absolute atomic E-state index is 12.6. The summed E-state index contributed by atoms with van der Waals surface area (Å²) in [5.74, 6) is 0.325. The van der Waals surface area contributed by atoms with Crippen molar-refractivity contribution < 1.29 is 8.42 Å². The van der Waals surface area contributed by atoms with Gasteiger partial charge in [0, 0.05) is 28.2 Å². The van der Waals surface area contributed by atoms with Gasteiger partial charge in [0.2, 0.25) is 10.0 Å². The Morgan fingerprint density at radius 1 is 1.25 bits per heavy atom. The first-order valence-corrected chi connectivity index (χ1v) is 9.69. The average molecular weight is 370 g/mol. The topological polar surface area (TPSA) is 37.4 Å². The van der Waals surface area contributed by atoms with Crippen LogP contribution in [0.25, 0.3) is 0 Å². The van der Waals surface area contributed by atoms with E-state index in [4.69, 9.17) is 23.2 Å². The number of alkyl halides is 1. The van der Waals surface area contributed by atoms with Crippen LogP contribution in [0.5, 0.6) is 0 Å². The Hall–Kier alpha value is -0.110. The minimum absolute atomic E-state index is 0.311. The molecule has 0 aliphatic rings. The third kappa shape index (κ3) is 3.37. The molecule has 0 amide bonds. The summed E-state index contributed by atoms with van der Waals surface area (Å²) in [6, 6.07) is 5.26. The number of hydrogen-bond acceptors (Lipinski definition) is 4. The monoisotopic (exact) mass is 369 g/mol. The van der Waals surface area contributed by atoms with Crippen LogP contribution in [0.15, 0.2) is 23.1 Å². The second kappa shape index (κ2) is 6.34. The highest BCUT2D eigenvalue weighted by Crippen LogP contribution is 2.30. The van der Waals surface area contributed by atoms with Crippen molar-refractivity contribution in [2.45, 2.75) is 24.2 Å². The summed E-state index contributed by atoms with van der Waals surface area (Å²) < 4.78 is 27.1. The van der Waals surface area contributed by atoms with Crippen LogP contribution in [0.4, 0.5) is 0 Å². The summed E-state index contributed by atoms with van der Waals surface area (Å²) in [4.78, 5) is 2.86. The first kappa shape index (κ1) is 16.3. The van der Waals surface area contributed by atoms with Crippen LogP contribution >= 0.6 is 45.9 Å². The summed E-state index contributed by atoms with van der Waals surface area (Å²) >= 11 is 14.4. The molecule has 0 aromatic carbocycles. The molecule has 0 radical (unpaired) electrons. The van der Waals surface area contributed by atoms with E-state index in [9.17, 15) is 8.42 Å². The van der Waals surface area contributed by atoms with E-state index in [1.54, 1.807) is 26.1 Å². The van der Waals surface area contributed by atoms with E-state index in [0.717, 1.165) is 14.6 Å². The van der Waals surface area contributed by atoms with E-state index in [1.165, 1.54) is 27.0 Å². The van der Waals surface area contributed by atoms with E-state index >= 15 is 0 Å². The molecule has 20 heavy (non-hydrogen) atoms. The minimum atomic E-state index is -3.50. The number of sulfonamides is 1. The summed E-state index contributed by atoms with van der Waals surface area (Å²) in [7, 11) is -1.93. The Bertz CT molecular complexity index is 706. The predicted octanol–water partition coefficient (Wildman–Crippen LogP) is 4.33. The molecule has 0 unspecified atom stereocenters. The van der Waals surface area contributed by atoms with Gasteiger partial charge in [-0.3, -0.25) is 0 Å². The Morgan fingerprint density at radius 2 is 1.95 bits per heavy atom. The predicted molar refractivity (Wildman–Crippen MR) is 86.6 cm³/mol. The van der Waals surface area contributed by atoms with E-state index in [2.05, 4.69) is 0 Å². The molecule has 0 saturated carbocycles. The molecule has 110 valence electrons. The van der Waals surface area contributed by atoms with Crippen molar-refractivity contribution >= 4 is 55.9 Å². The zero-order valence-electron chi connectivity index (χ0n) is 10.9. The highest BCUT2D eigenvalue weighted by atomic mass is 35.5. The lowest BCUT2D eigenvalue weighted by Gasteiger charge is -2.16. The highest BCUT2D eigenvalue weighted by molar-refractivity contribution is 7.89. The van der Waals surface area contributed by atoms with Crippen LogP contribution < -0.4 is 0 Å². The van der Waals surface area contributed by atoms with Crippen molar-refractivity contribution in [2.24, 2.45) is 0 Å². The Kier molecular flexibility index (Phi) is 5.15. The smallest absolute Gasteiger partial charge is 0.207 e. The molecule has 0 aliphatic carbocycles. The van der Waals surface area contributed by atoms with Crippen molar-refractivity contribution in [3.05, 3.63) is 37.2 Å². The molecule has 3 nitrogen and oxygen atoms in total. The van der Waals surface area contributed by atoms with Gasteiger partial charge >= 0.3 is 0 Å². The summed E-state index contributed by atoms with van der Waals surface area (Å²) in [5, 5.41) is 0. The molecular formula is C12H13Cl2NO2S3. The average Bonchev–Trinajstić information content (AvgIpc) is 2.95. The number of halogens is 2. The molecule has 0 aliphatic heterocycles. The molecule has 2 heterocycles. The molecule has 0 atom stereocenters. The van der Waals surface area contributed by atoms with E-state index in [1.807, 2.05) is 6.07 Å². The van der Waals surface area contributed by atoms with Crippen LogP contribution in [0.1, 0.15) is 14.6 Å². The zero-order valence-corrected chi connectivity index (χ0v) is 14.9. The van der Waals surface area contributed by atoms with Gasteiger partial charge in [-0.15, -0.1) is 34.3 Å². The maximum Gasteiger partial charge on any atom is 0.244 e. The molecule has 0 bridgehead atoms. The maximum atomic E-state index is 12.6. The van der Waals surface area contributed by atoms with Crippen LogP contribution in [0.2, 0.25) is 4.34 Å². The summed E-state index contributed by atoms with van der Waals surface area (Å²) in [6.45, 7) is 2.11. The van der Waals surface area contributed by atoms with E-state index in [0.29, 0.717) is 21.7 Å². The molecule has 2 aromatic heterocycles. The largest absolute Gasteiger partial charge is 0.244 e. The van der Waals surface area contributed by atoms with Gasteiger partial charge in [0.25, 0.3) is 0 Å². The zero-order chi connectivity index (χ0) is 14.9. The normalized spacial score (nSPS) is 12.2. The molecule has 0 fully saturated rings. The lowest BCUT2D eigenvalue weighted by atomic mass is 10.4. The summed E-state index contributed by atoms with van der Waals surface area (Å²) in [6.07, 6.45) is 0. The Balaban J connectivity index is 2.26. The lowest BCUT2D eigenvalue weighted by Crippen LogP contribution is -2.26. The number of nitrogens with zero attached hydrogens (tertiary/aromatic N) is 1. The van der Waals surface area contributed by atoms with Gasteiger partial charge in [-0.05, 0) is 25.1 Å². The lowest BCUT2D eigenvalue weighted by molar-refractivity contribution is 0.469.